The summed E-state index contributed by atoms with van der Waals surface area (Å²) < 4.78 is 5.15. The molecule has 0 fully saturated rings. The van der Waals surface area contributed by atoms with Crippen molar-refractivity contribution in [1.82, 2.24) is 26.6 Å². The molecule has 0 unspecified atom stereocenters. The Hall–Kier alpha value is -5.22. The molecule has 1 aromatic rings. The Kier molecular flexibility index (Phi) is 15.7. The van der Waals surface area contributed by atoms with E-state index in [2.05, 4.69) is 21.3 Å². The number of aliphatic carboxylic acids is 3. The standard InChI is InChI=1S/C29H41N5O12/c1-14(2)22(26(41)30-16(5)24(39)32-19(28(43)44)12-21(37)38)33-25(40)18(11-20(35)36)31-27(42)23(15(3)4)34-29(45)46-13-17-9-7-6-8-10-17/h6-10,14-16,18-19,22-23H,11-13H2,1-5H3,(H,30,41)(H,31,42)(H,32,39)(H,33,40)(H,34,45)(H,35,36)(H,37,38)(H,43,44)/t16-,18-,19-,22-,23-/m0/s1. The number of carboxylic acids is 3. The van der Waals surface area contributed by atoms with E-state index in [1.54, 1.807) is 44.2 Å². The minimum atomic E-state index is -1.76. The third-order valence-corrected chi connectivity index (χ3v) is 6.44. The van der Waals surface area contributed by atoms with E-state index < -0.39 is 103 Å². The topological polar surface area (TPSA) is 267 Å². The van der Waals surface area contributed by atoms with Crippen molar-refractivity contribution in [2.75, 3.05) is 0 Å². The molecular weight excluding hydrogens is 610 g/mol. The third-order valence-electron chi connectivity index (χ3n) is 6.44. The lowest BCUT2D eigenvalue weighted by Gasteiger charge is -2.28. The van der Waals surface area contributed by atoms with Crippen LogP contribution in [0.25, 0.3) is 0 Å². The molecule has 1 aromatic carbocycles. The number of hydrogen-bond donors (Lipinski definition) is 8. The number of benzene rings is 1. The molecule has 0 aliphatic carbocycles. The van der Waals surface area contributed by atoms with Crippen LogP contribution in [-0.2, 0) is 44.9 Å². The van der Waals surface area contributed by atoms with Gasteiger partial charge < -0.3 is 46.6 Å². The average molecular weight is 652 g/mol. The van der Waals surface area contributed by atoms with Crippen LogP contribution >= 0.6 is 0 Å². The van der Waals surface area contributed by atoms with Gasteiger partial charge in [0.2, 0.25) is 23.6 Å². The van der Waals surface area contributed by atoms with E-state index >= 15 is 0 Å². The lowest BCUT2D eigenvalue weighted by atomic mass is 10.0. The fraction of sp³-hybridized carbons (Fsp3) is 0.517. The van der Waals surface area contributed by atoms with E-state index in [9.17, 15) is 43.5 Å². The zero-order valence-corrected chi connectivity index (χ0v) is 26.1. The molecule has 0 saturated heterocycles. The monoisotopic (exact) mass is 651 g/mol. The zero-order chi connectivity index (χ0) is 35.1. The van der Waals surface area contributed by atoms with Crippen LogP contribution in [0.5, 0.6) is 0 Å². The number of carbonyl (C=O) groups is 8. The van der Waals surface area contributed by atoms with E-state index in [0.717, 1.165) is 0 Å². The number of hydrogen-bond acceptors (Lipinski definition) is 9. The summed E-state index contributed by atoms with van der Waals surface area (Å²) in [6, 6.07) is 1.35. The maximum absolute atomic E-state index is 13.2. The summed E-state index contributed by atoms with van der Waals surface area (Å²) in [6.07, 6.45) is -2.72. The fourth-order valence-corrected chi connectivity index (χ4v) is 3.90. The summed E-state index contributed by atoms with van der Waals surface area (Å²) >= 11 is 0. The highest BCUT2D eigenvalue weighted by molar-refractivity contribution is 5.97. The van der Waals surface area contributed by atoms with Crippen LogP contribution in [0.4, 0.5) is 4.79 Å². The van der Waals surface area contributed by atoms with Gasteiger partial charge in [-0.25, -0.2) is 9.59 Å². The first-order chi connectivity index (χ1) is 21.4. The Balaban J connectivity index is 2.96. The van der Waals surface area contributed by atoms with Gasteiger partial charge in [-0.2, -0.15) is 0 Å². The fourth-order valence-electron chi connectivity index (χ4n) is 3.90. The maximum atomic E-state index is 13.2. The first-order valence-electron chi connectivity index (χ1n) is 14.3. The molecule has 0 saturated carbocycles. The highest BCUT2D eigenvalue weighted by Gasteiger charge is 2.34. The summed E-state index contributed by atoms with van der Waals surface area (Å²) in [5.74, 6) is -9.54. The Labute approximate surface area is 264 Å². The highest BCUT2D eigenvalue weighted by atomic mass is 16.5. The molecule has 0 aliphatic heterocycles. The van der Waals surface area contributed by atoms with Gasteiger partial charge in [-0.15, -0.1) is 0 Å². The normalized spacial score (nSPS) is 14.1. The van der Waals surface area contributed by atoms with Crippen LogP contribution in [0.15, 0.2) is 30.3 Å². The molecule has 254 valence electrons. The highest BCUT2D eigenvalue weighted by Crippen LogP contribution is 2.08. The predicted molar refractivity (Wildman–Crippen MR) is 159 cm³/mol. The number of rotatable bonds is 18. The first-order valence-corrected chi connectivity index (χ1v) is 14.3. The molecule has 0 radical (unpaired) electrons. The van der Waals surface area contributed by atoms with Crippen molar-refractivity contribution in [3.8, 4) is 0 Å². The zero-order valence-electron chi connectivity index (χ0n) is 26.1. The number of amides is 5. The molecule has 0 aromatic heterocycles. The first kappa shape index (κ1) is 38.8. The molecule has 0 bridgehead atoms. The molecular formula is C29H41N5O12. The molecule has 46 heavy (non-hydrogen) atoms. The van der Waals surface area contributed by atoms with Crippen molar-refractivity contribution in [2.24, 2.45) is 11.8 Å². The Morgan fingerprint density at radius 3 is 1.59 bits per heavy atom. The van der Waals surface area contributed by atoms with Gasteiger partial charge >= 0.3 is 24.0 Å². The number of ether oxygens (including phenoxy) is 1. The quantitative estimate of drug-likeness (QED) is 0.101. The summed E-state index contributed by atoms with van der Waals surface area (Å²) in [5, 5.41) is 38.7. The molecule has 17 heteroatoms. The summed E-state index contributed by atoms with van der Waals surface area (Å²) in [6.45, 7) is 7.39. The van der Waals surface area contributed by atoms with Gasteiger partial charge in [0.1, 0.15) is 36.8 Å². The second-order valence-electron chi connectivity index (χ2n) is 11.0. The van der Waals surface area contributed by atoms with Gasteiger partial charge in [0.05, 0.1) is 12.8 Å². The summed E-state index contributed by atoms with van der Waals surface area (Å²) in [7, 11) is 0. The molecule has 17 nitrogen and oxygen atoms in total. The van der Waals surface area contributed by atoms with Crippen LogP contribution in [0.1, 0.15) is 53.0 Å². The van der Waals surface area contributed by atoms with E-state index in [1.807, 2.05) is 5.32 Å². The maximum Gasteiger partial charge on any atom is 0.408 e. The van der Waals surface area contributed by atoms with Crippen LogP contribution in [0.3, 0.4) is 0 Å². The number of carbonyl (C=O) groups excluding carboxylic acids is 5. The van der Waals surface area contributed by atoms with Crippen LogP contribution in [-0.4, -0.2) is 93.2 Å². The van der Waals surface area contributed by atoms with Crippen molar-refractivity contribution in [3.63, 3.8) is 0 Å². The summed E-state index contributed by atoms with van der Waals surface area (Å²) in [5.41, 5.74) is 0.697. The van der Waals surface area contributed by atoms with Crippen molar-refractivity contribution in [3.05, 3.63) is 35.9 Å². The van der Waals surface area contributed by atoms with Crippen molar-refractivity contribution >= 4 is 47.6 Å². The average Bonchev–Trinajstić information content (AvgIpc) is 2.96. The van der Waals surface area contributed by atoms with E-state index in [1.165, 1.54) is 20.8 Å². The molecule has 8 N–H and O–H groups in total. The van der Waals surface area contributed by atoms with Gasteiger partial charge in [-0.3, -0.25) is 28.8 Å². The van der Waals surface area contributed by atoms with Gasteiger partial charge in [0, 0.05) is 0 Å². The molecule has 1 rings (SSSR count). The molecule has 5 atom stereocenters. The van der Waals surface area contributed by atoms with Gasteiger partial charge in [-0.1, -0.05) is 58.0 Å². The van der Waals surface area contributed by atoms with Crippen molar-refractivity contribution in [1.29, 1.82) is 0 Å². The Morgan fingerprint density at radius 1 is 0.609 bits per heavy atom. The van der Waals surface area contributed by atoms with Crippen LogP contribution < -0.4 is 26.6 Å². The second kappa shape index (κ2) is 18.6. The Bertz CT molecular complexity index is 1270. The molecule has 5 amide bonds. The Morgan fingerprint density at radius 2 is 1.09 bits per heavy atom. The van der Waals surface area contributed by atoms with Crippen LogP contribution in [0.2, 0.25) is 0 Å². The minimum Gasteiger partial charge on any atom is -0.481 e. The number of carboxylic acid groups (broad SMARTS) is 3. The van der Waals surface area contributed by atoms with E-state index in [4.69, 9.17) is 14.9 Å². The van der Waals surface area contributed by atoms with Crippen molar-refractivity contribution < 1.29 is 58.4 Å². The SMILES string of the molecule is CC(C)[C@H](NC(=O)OCc1ccccc1)C(=O)N[C@@H](CC(=O)O)C(=O)N[C@H](C(=O)N[C@@H](C)C(=O)N[C@@H](CC(=O)O)C(=O)O)C(C)C. The van der Waals surface area contributed by atoms with Crippen LogP contribution in [0, 0.1) is 11.8 Å². The van der Waals surface area contributed by atoms with Gasteiger partial charge in [0.25, 0.3) is 0 Å². The predicted octanol–water partition coefficient (Wildman–Crippen LogP) is -0.413. The van der Waals surface area contributed by atoms with Crippen molar-refractivity contribution in [2.45, 2.75) is 84.3 Å². The number of alkyl carbamates (subject to hydrolysis) is 1. The molecule has 0 heterocycles. The lowest BCUT2D eigenvalue weighted by molar-refractivity contribution is -0.147. The largest absolute Gasteiger partial charge is 0.481 e. The van der Waals surface area contributed by atoms with Gasteiger partial charge in [-0.05, 0) is 24.3 Å². The van der Waals surface area contributed by atoms with E-state index in [-0.39, 0.29) is 6.61 Å². The third kappa shape index (κ3) is 13.6. The van der Waals surface area contributed by atoms with Gasteiger partial charge in [0.15, 0.2) is 0 Å². The molecule has 0 spiro atoms. The van der Waals surface area contributed by atoms with E-state index in [0.29, 0.717) is 5.56 Å². The molecule has 0 aliphatic rings. The smallest absolute Gasteiger partial charge is 0.408 e. The number of nitrogens with one attached hydrogen (secondary N) is 5. The summed E-state index contributed by atoms with van der Waals surface area (Å²) in [4.78, 5) is 97.8. The minimum absolute atomic E-state index is 0.0788. The second-order valence-corrected chi connectivity index (χ2v) is 11.0. The lowest BCUT2D eigenvalue weighted by Crippen LogP contribution is -2.60.